The molecule has 1 fully saturated rings. The number of benzene rings is 1. The van der Waals surface area contributed by atoms with Gasteiger partial charge in [-0.2, -0.15) is 0 Å². The Bertz CT molecular complexity index is 449. The van der Waals surface area contributed by atoms with E-state index in [9.17, 15) is 4.79 Å². The summed E-state index contributed by atoms with van der Waals surface area (Å²) in [7, 11) is 0. The molecular formula is C18H28N2O2. The van der Waals surface area contributed by atoms with Gasteiger partial charge in [0, 0.05) is 18.8 Å². The molecule has 122 valence electrons. The van der Waals surface area contributed by atoms with E-state index >= 15 is 0 Å². The predicted molar refractivity (Wildman–Crippen MR) is 90.3 cm³/mol. The monoisotopic (exact) mass is 304 g/mol. The van der Waals surface area contributed by atoms with Crippen molar-refractivity contribution in [3.05, 3.63) is 24.3 Å². The number of likely N-dealkylation sites (tertiary alicyclic amines) is 1. The van der Waals surface area contributed by atoms with Crippen LogP contribution in [0.25, 0.3) is 0 Å². The third kappa shape index (κ3) is 5.58. The van der Waals surface area contributed by atoms with Crippen LogP contribution in [0.1, 0.15) is 39.5 Å². The summed E-state index contributed by atoms with van der Waals surface area (Å²) in [5, 5.41) is 3.21. The lowest BCUT2D eigenvalue weighted by Crippen LogP contribution is -2.36. The third-order valence-corrected chi connectivity index (χ3v) is 3.84. The normalized spacial score (nSPS) is 15.5. The van der Waals surface area contributed by atoms with Gasteiger partial charge >= 0.3 is 0 Å². The van der Waals surface area contributed by atoms with Gasteiger partial charge in [0.1, 0.15) is 5.75 Å². The smallest absolute Gasteiger partial charge is 0.241 e. The van der Waals surface area contributed by atoms with Crippen LogP contribution >= 0.6 is 0 Å². The Morgan fingerprint density at radius 3 is 2.36 bits per heavy atom. The van der Waals surface area contributed by atoms with Gasteiger partial charge in [-0.3, -0.25) is 4.79 Å². The maximum atomic E-state index is 12.2. The summed E-state index contributed by atoms with van der Waals surface area (Å²) in [5.41, 5.74) is 0.958. The molecule has 22 heavy (non-hydrogen) atoms. The Labute approximate surface area is 133 Å². The Balaban J connectivity index is 1.77. The van der Waals surface area contributed by atoms with Gasteiger partial charge in [-0.1, -0.05) is 26.7 Å². The van der Waals surface area contributed by atoms with Crippen LogP contribution in [0.3, 0.4) is 0 Å². The number of anilines is 1. The van der Waals surface area contributed by atoms with E-state index in [2.05, 4.69) is 19.2 Å². The van der Waals surface area contributed by atoms with Crippen LogP contribution in [-0.2, 0) is 4.79 Å². The number of nitrogens with one attached hydrogen (secondary N) is 1. The van der Waals surface area contributed by atoms with Crippen molar-refractivity contribution in [2.24, 2.45) is 5.92 Å². The molecule has 1 N–H and O–H groups in total. The van der Waals surface area contributed by atoms with E-state index in [1.54, 1.807) is 0 Å². The summed E-state index contributed by atoms with van der Waals surface area (Å²) in [4.78, 5) is 14.2. The van der Waals surface area contributed by atoms with Gasteiger partial charge in [0.25, 0.3) is 0 Å². The van der Waals surface area contributed by atoms with Crippen molar-refractivity contribution in [1.82, 2.24) is 4.90 Å². The fraction of sp³-hybridized carbons (Fsp3) is 0.611. The van der Waals surface area contributed by atoms with Gasteiger partial charge < -0.3 is 15.0 Å². The molecule has 1 aromatic rings. The fourth-order valence-electron chi connectivity index (χ4n) is 2.54. The molecular weight excluding hydrogens is 276 g/mol. The number of hydrogen-bond donors (Lipinski definition) is 1. The highest BCUT2D eigenvalue weighted by molar-refractivity contribution is 5.80. The molecule has 0 spiro atoms. The van der Waals surface area contributed by atoms with Gasteiger partial charge in [0.2, 0.25) is 5.91 Å². The average molecular weight is 304 g/mol. The standard InChI is InChI=1S/C18H28N2O2/c1-15(2)14-22-17-9-7-16(8-10-17)19-13-18(21)20-11-5-3-4-6-12-20/h7-10,15,19H,3-6,11-14H2,1-2H3. The minimum Gasteiger partial charge on any atom is -0.493 e. The maximum absolute atomic E-state index is 12.2. The summed E-state index contributed by atoms with van der Waals surface area (Å²) >= 11 is 0. The Hall–Kier alpha value is -1.71. The van der Waals surface area contributed by atoms with Gasteiger partial charge in [-0.25, -0.2) is 0 Å². The lowest BCUT2D eigenvalue weighted by Gasteiger charge is -2.20. The number of ether oxygens (including phenoxy) is 1. The molecule has 0 unspecified atom stereocenters. The fourth-order valence-corrected chi connectivity index (χ4v) is 2.54. The highest BCUT2D eigenvalue weighted by Crippen LogP contribution is 2.16. The minimum atomic E-state index is 0.196. The van der Waals surface area contributed by atoms with E-state index in [1.807, 2.05) is 29.2 Å². The van der Waals surface area contributed by atoms with Gasteiger partial charge in [-0.05, 0) is 43.0 Å². The summed E-state index contributed by atoms with van der Waals surface area (Å²) in [5.74, 6) is 1.59. The number of rotatable bonds is 6. The van der Waals surface area contributed by atoms with Crippen molar-refractivity contribution in [1.29, 1.82) is 0 Å². The highest BCUT2D eigenvalue weighted by atomic mass is 16.5. The number of carbonyl (C=O) groups is 1. The second kappa shape index (κ2) is 8.66. The molecule has 0 bridgehead atoms. The first-order chi connectivity index (χ1) is 10.6. The van der Waals surface area contributed by atoms with Gasteiger partial charge in [-0.15, -0.1) is 0 Å². The first-order valence-electron chi connectivity index (χ1n) is 8.39. The van der Waals surface area contributed by atoms with Crippen LogP contribution in [0.4, 0.5) is 5.69 Å². The van der Waals surface area contributed by atoms with Crippen LogP contribution < -0.4 is 10.1 Å². The van der Waals surface area contributed by atoms with Crippen LogP contribution in [0.2, 0.25) is 0 Å². The number of carbonyl (C=O) groups excluding carboxylic acids is 1. The average Bonchev–Trinajstić information content (AvgIpc) is 2.81. The summed E-state index contributed by atoms with van der Waals surface area (Å²) in [6.45, 7) is 7.16. The molecule has 1 aliphatic rings. The van der Waals surface area contributed by atoms with Crippen LogP contribution in [-0.4, -0.2) is 37.0 Å². The van der Waals surface area contributed by atoms with Gasteiger partial charge in [0.15, 0.2) is 0 Å². The molecule has 1 aliphatic heterocycles. The van der Waals surface area contributed by atoms with E-state index in [0.717, 1.165) is 44.0 Å². The van der Waals surface area contributed by atoms with Crippen LogP contribution in [0, 0.1) is 5.92 Å². The molecule has 1 saturated heterocycles. The zero-order valence-electron chi connectivity index (χ0n) is 13.8. The molecule has 0 radical (unpaired) electrons. The molecule has 0 aromatic heterocycles. The van der Waals surface area contributed by atoms with Crippen molar-refractivity contribution >= 4 is 11.6 Å². The largest absolute Gasteiger partial charge is 0.493 e. The van der Waals surface area contributed by atoms with E-state index in [0.29, 0.717) is 12.5 Å². The third-order valence-electron chi connectivity index (χ3n) is 3.84. The topological polar surface area (TPSA) is 41.6 Å². The molecule has 0 atom stereocenters. The molecule has 1 amide bonds. The first kappa shape index (κ1) is 16.7. The second-order valence-electron chi connectivity index (χ2n) is 6.38. The van der Waals surface area contributed by atoms with Crippen molar-refractivity contribution in [2.45, 2.75) is 39.5 Å². The van der Waals surface area contributed by atoms with E-state index in [1.165, 1.54) is 12.8 Å². The van der Waals surface area contributed by atoms with Gasteiger partial charge in [0.05, 0.1) is 13.2 Å². The highest BCUT2D eigenvalue weighted by Gasteiger charge is 2.14. The van der Waals surface area contributed by atoms with Crippen molar-refractivity contribution < 1.29 is 9.53 Å². The number of hydrogen-bond acceptors (Lipinski definition) is 3. The predicted octanol–water partition coefficient (Wildman–Crippen LogP) is 3.54. The molecule has 4 heteroatoms. The zero-order chi connectivity index (χ0) is 15.8. The minimum absolute atomic E-state index is 0.196. The maximum Gasteiger partial charge on any atom is 0.241 e. The SMILES string of the molecule is CC(C)COc1ccc(NCC(=O)N2CCCCCC2)cc1. The Kier molecular flexibility index (Phi) is 6.56. The van der Waals surface area contributed by atoms with E-state index in [4.69, 9.17) is 4.74 Å². The van der Waals surface area contributed by atoms with Crippen molar-refractivity contribution in [2.75, 3.05) is 31.6 Å². The summed E-state index contributed by atoms with van der Waals surface area (Å²) < 4.78 is 5.65. The van der Waals surface area contributed by atoms with Crippen molar-refractivity contribution in [3.8, 4) is 5.75 Å². The molecule has 1 aromatic carbocycles. The summed E-state index contributed by atoms with van der Waals surface area (Å²) in [6, 6.07) is 7.82. The first-order valence-corrected chi connectivity index (χ1v) is 8.39. The molecule has 4 nitrogen and oxygen atoms in total. The molecule has 0 saturated carbocycles. The van der Waals surface area contributed by atoms with E-state index in [-0.39, 0.29) is 5.91 Å². The van der Waals surface area contributed by atoms with Crippen LogP contribution in [0.5, 0.6) is 5.75 Å². The Morgan fingerprint density at radius 2 is 1.77 bits per heavy atom. The van der Waals surface area contributed by atoms with Crippen LogP contribution in [0.15, 0.2) is 24.3 Å². The molecule has 2 rings (SSSR count). The molecule has 1 heterocycles. The molecule has 0 aliphatic carbocycles. The lowest BCUT2D eigenvalue weighted by molar-refractivity contribution is -0.129. The lowest BCUT2D eigenvalue weighted by atomic mass is 10.2. The Morgan fingerprint density at radius 1 is 1.14 bits per heavy atom. The van der Waals surface area contributed by atoms with E-state index < -0.39 is 0 Å². The number of amides is 1. The zero-order valence-corrected chi connectivity index (χ0v) is 13.8. The quantitative estimate of drug-likeness (QED) is 0.874. The summed E-state index contributed by atoms with van der Waals surface area (Å²) in [6.07, 6.45) is 4.76. The second-order valence-corrected chi connectivity index (χ2v) is 6.38. The number of nitrogens with zero attached hydrogens (tertiary/aromatic N) is 1. The van der Waals surface area contributed by atoms with Crippen molar-refractivity contribution in [3.63, 3.8) is 0 Å².